The van der Waals surface area contributed by atoms with Gasteiger partial charge in [-0.25, -0.2) is 0 Å². The largest absolute Gasteiger partial charge is 0.317 e. The summed E-state index contributed by atoms with van der Waals surface area (Å²) >= 11 is 1.78. The van der Waals surface area contributed by atoms with Gasteiger partial charge in [0.25, 0.3) is 0 Å². The van der Waals surface area contributed by atoms with Crippen molar-refractivity contribution in [2.24, 2.45) is 0 Å². The van der Waals surface area contributed by atoms with Gasteiger partial charge < -0.3 is 10.2 Å². The fraction of sp³-hybridized carbons (Fsp3) is 0.692. The van der Waals surface area contributed by atoms with Crippen molar-refractivity contribution in [3.63, 3.8) is 0 Å². The smallest absolute Gasteiger partial charge is 0.0238 e. The highest BCUT2D eigenvalue weighted by Crippen LogP contribution is 2.08. The number of thiophene rings is 1. The van der Waals surface area contributed by atoms with Gasteiger partial charge in [-0.2, -0.15) is 11.3 Å². The Bertz CT molecular complexity index is 246. The molecule has 1 rings (SSSR count). The number of hydrogen-bond donors (Lipinski definition) is 1. The maximum absolute atomic E-state index is 3.36. The summed E-state index contributed by atoms with van der Waals surface area (Å²) < 4.78 is 0. The summed E-state index contributed by atoms with van der Waals surface area (Å²) in [7, 11) is 2.21. The molecule has 0 aliphatic carbocycles. The molecule has 0 aliphatic rings. The lowest BCUT2D eigenvalue weighted by molar-refractivity contribution is 0.317. The molecule has 1 aromatic heterocycles. The van der Waals surface area contributed by atoms with E-state index in [-0.39, 0.29) is 0 Å². The average Bonchev–Trinajstić information content (AvgIpc) is 2.76. The number of hydrogen-bond acceptors (Lipinski definition) is 3. The lowest BCUT2D eigenvalue weighted by atomic mass is 10.2. The molecule has 0 aliphatic heterocycles. The van der Waals surface area contributed by atoms with Crippen LogP contribution in [0.25, 0.3) is 0 Å². The SMILES string of the molecule is CCNCCCCCN(C)Cc1ccsc1. The minimum Gasteiger partial charge on any atom is -0.317 e. The van der Waals surface area contributed by atoms with Crippen molar-refractivity contribution < 1.29 is 0 Å². The summed E-state index contributed by atoms with van der Waals surface area (Å²) in [5.41, 5.74) is 1.44. The first-order chi connectivity index (χ1) is 7.83. The Balaban J connectivity index is 1.96. The van der Waals surface area contributed by atoms with Gasteiger partial charge in [0, 0.05) is 6.54 Å². The molecular weight excluding hydrogens is 216 g/mol. The van der Waals surface area contributed by atoms with Gasteiger partial charge in [0.15, 0.2) is 0 Å². The van der Waals surface area contributed by atoms with Gasteiger partial charge in [-0.1, -0.05) is 13.3 Å². The average molecular weight is 240 g/mol. The Morgan fingerprint density at radius 3 is 2.88 bits per heavy atom. The molecule has 0 aromatic carbocycles. The van der Waals surface area contributed by atoms with E-state index in [0.29, 0.717) is 0 Å². The predicted octanol–water partition coefficient (Wildman–Crippen LogP) is 2.96. The van der Waals surface area contributed by atoms with Crippen molar-refractivity contribution in [2.75, 3.05) is 26.7 Å². The molecule has 3 heteroatoms. The fourth-order valence-electron chi connectivity index (χ4n) is 1.76. The van der Waals surface area contributed by atoms with Crippen LogP contribution in [0, 0.1) is 0 Å². The molecule has 0 bridgehead atoms. The van der Waals surface area contributed by atoms with E-state index in [4.69, 9.17) is 0 Å². The second-order valence-corrected chi connectivity index (χ2v) is 5.06. The quantitative estimate of drug-likeness (QED) is 0.668. The zero-order chi connectivity index (χ0) is 11.6. The molecule has 92 valence electrons. The van der Waals surface area contributed by atoms with E-state index in [1.54, 1.807) is 11.3 Å². The molecular formula is C13H24N2S. The van der Waals surface area contributed by atoms with E-state index in [2.05, 4.69) is 41.0 Å². The molecule has 0 unspecified atom stereocenters. The number of unbranched alkanes of at least 4 members (excludes halogenated alkanes) is 2. The zero-order valence-corrected chi connectivity index (χ0v) is 11.4. The first-order valence-corrected chi connectivity index (χ1v) is 7.17. The van der Waals surface area contributed by atoms with Crippen molar-refractivity contribution in [1.82, 2.24) is 10.2 Å². The van der Waals surface area contributed by atoms with Crippen LogP contribution < -0.4 is 5.32 Å². The minimum absolute atomic E-state index is 1.09. The van der Waals surface area contributed by atoms with Crippen molar-refractivity contribution in [3.8, 4) is 0 Å². The van der Waals surface area contributed by atoms with Gasteiger partial charge in [0.2, 0.25) is 0 Å². The summed E-state index contributed by atoms with van der Waals surface area (Å²) in [5, 5.41) is 7.75. The van der Waals surface area contributed by atoms with Crippen LogP contribution in [0.4, 0.5) is 0 Å². The molecule has 0 atom stereocenters. The number of nitrogens with one attached hydrogen (secondary N) is 1. The summed E-state index contributed by atoms with van der Waals surface area (Å²) in [5.74, 6) is 0. The number of nitrogens with zero attached hydrogens (tertiary/aromatic N) is 1. The minimum atomic E-state index is 1.09. The lowest BCUT2D eigenvalue weighted by Gasteiger charge is -2.15. The topological polar surface area (TPSA) is 15.3 Å². The first-order valence-electron chi connectivity index (χ1n) is 6.23. The van der Waals surface area contributed by atoms with Gasteiger partial charge in [-0.05, 0) is 61.9 Å². The second kappa shape index (κ2) is 8.74. The van der Waals surface area contributed by atoms with E-state index in [0.717, 1.165) is 13.1 Å². The van der Waals surface area contributed by atoms with Crippen LogP contribution in [0.5, 0.6) is 0 Å². The standard InChI is InChI=1S/C13H24N2S/c1-3-14-8-5-4-6-9-15(2)11-13-7-10-16-12-13/h7,10,12,14H,3-6,8-9,11H2,1-2H3. The summed E-state index contributed by atoms with van der Waals surface area (Å²) in [6.07, 6.45) is 3.95. The van der Waals surface area contributed by atoms with Crippen LogP contribution in [0.2, 0.25) is 0 Å². The molecule has 0 spiro atoms. The molecule has 2 nitrogen and oxygen atoms in total. The molecule has 0 radical (unpaired) electrons. The molecule has 1 aromatic rings. The second-order valence-electron chi connectivity index (χ2n) is 4.28. The molecule has 1 heterocycles. The molecule has 16 heavy (non-hydrogen) atoms. The molecule has 0 amide bonds. The summed E-state index contributed by atoms with van der Waals surface area (Å²) in [6, 6.07) is 2.21. The predicted molar refractivity (Wildman–Crippen MR) is 73.0 cm³/mol. The Kier molecular flexibility index (Phi) is 7.47. The maximum Gasteiger partial charge on any atom is 0.0238 e. The van der Waals surface area contributed by atoms with E-state index in [1.807, 2.05) is 0 Å². The van der Waals surface area contributed by atoms with Crippen molar-refractivity contribution >= 4 is 11.3 Å². The lowest BCUT2D eigenvalue weighted by Crippen LogP contribution is -2.19. The van der Waals surface area contributed by atoms with Crippen molar-refractivity contribution in [1.29, 1.82) is 0 Å². The van der Waals surface area contributed by atoms with Gasteiger partial charge in [0.1, 0.15) is 0 Å². The summed E-state index contributed by atoms with van der Waals surface area (Å²) in [4.78, 5) is 2.41. The third-order valence-corrected chi connectivity index (χ3v) is 3.41. The van der Waals surface area contributed by atoms with E-state index >= 15 is 0 Å². The highest BCUT2D eigenvalue weighted by molar-refractivity contribution is 7.07. The van der Waals surface area contributed by atoms with E-state index in [1.165, 1.54) is 37.9 Å². The normalized spacial score (nSPS) is 11.2. The Morgan fingerprint density at radius 2 is 2.19 bits per heavy atom. The highest BCUT2D eigenvalue weighted by atomic mass is 32.1. The Labute approximate surface area is 104 Å². The third kappa shape index (κ3) is 6.26. The van der Waals surface area contributed by atoms with Gasteiger partial charge in [0.05, 0.1) is 0 Å². The van der Waals surface area contributed by atoms with Crippen LogP contribution in [-0.2, 0) is 6.54 Å². The van der Waals surface area contributed by atoms with E-state index < -0.39 is 0 Å². The van der Waals surface area contributed by atoms with Crippen LogP contribution in [-0.4, -0.2) is 31.6 Å². The van der Waals surface area contributed by atoms with Crippen LogP contribution in [0.3, 0.4) is 0 Å². The first kappa shape index (κ1) is 13.7. The zero-order valence-electron chi connectivity index (χ0n) is 10.5. The van der Waals surface area contributed by atoms with E-state index in [9.17, 15) is 0 Å². The molecule has 1 N–H and O–H groups in total. The summed E-state index contributed by atoms with van der Waals surface area (Å²) in [6.45, 7) is 6.73. The Hall–Kier alpha value is -0.380. The molecule has 0 saturated heterocycles. The van der Waals surface area contributed by atoms with Gasteiger partial charge >= 0.3 is 0 Å². The van der Waals surface area contributed by atoms with Gasteiger partial charge in [-0.15, -0.1) is 0 Å². The van der Waals surface area contributed by atoms with Crippen LogP contribution in [0.15, 0.2) is 16.8 Å². The maximum atomic E-state index is 3.36. The third-order valence-electron chi connectivity index (χ3n) is 2.68. The van der Waals surface area contributed by atoms with Crippen LogP contribution in [0.1, 0.15) is 31.7 Å². The van der Waals surface area contributed by atoms with Crippen molar-refractivity contribution in [3.05, 3.63) is 22.4 Å². The number of rotatable bonds is 9. The Morgan fingerprint density at radius 1 is 1.31 bits per heavy atom. The highest BCUT2D eigenvalue weighted by Gasteiger charge is 2.00. The van der Waals surface area contributed by atoms with Crippen LogP contribution >= 0.6 is 11.3 Å². The van der Waals surface area contributed by atoms with Crippen molar-refractivity contribution in [2.45, 2.75) is 32.7 Å². The van der Waals surface area contributed by atoms with Gasteiger partial charge in [-0.3, -0.25) is 0 Å². The monoisotopic (exact) mass is 240 g/mol. The fourth-order valence-corrected chi connectivity index (χ4v) is 2.42. The molecule has 0 saturated carbocycles. The molecule has 0 fully saturated rings.